The predicted molar refractivity (Wildman–Crippen MR) is 98.9 cm³/mol. The number of ether oxygens (including phenoxy) is 1. The Balaban J connectivity index is 1.48. The lowest BCUT2D eigenvalue weighted by molar-refractivity contribution is -0.128. The smallest absolute Gasteiger partial charge is 0.233 e. The van der Waals surface area contributed by atoms with Gasteiger partial charge in [0.2, 0.25) is 5.91 Å². The number of halogens is 1. The summed E-state index contributed by atoms with van der Waals surface area (Å²) in [6.07, 6.45) is 0. The van der Waals surface area contributed by atoms with Crippen LogP contribution in [0.3, 0.4) is 0 Å². The molecule has 2 aromatic carbocycles. The molecule has 0 spiro atoms. The lowest BCUT2D eigenvalue weighted by Crippen LogP contribution is -2.49. The van der Waals surface area contributed by atoms with Crippen molar-refractivity contribution in [3.63, 3.8) is 0 Å². The van der Waals surface area contributed by atoms with Gasteiger partial charge in [-0.2, -0.15) is 0 Å². The molecule has 0 unspecified atom stereocenters. The summed E-state index contributed by atoms with van der Waals surface area (Å²) in [4.78, 5) is 17.5. The number of methoxy groups -OCH3 is 1. The van der Waals surface area contributed by atoms with Crippen LogP contribution < -0.4 is 9.64 Å². The minimum Gasteiger partial charge on any atom is -0.497 e. The summed E-state index contributed by atoms with van der Waals surface area (Å²) >= 11 is 1.52. The van der Waals surface area contributed by atoms with E-state index in [1.165, 1.54) is 23.9 Å². The van der Waals surface area contributed by atoms with Crippen molar-refractivity contribution in [2.45, 2.75) is 4.90 Å². The Bertz CT molecular complexity index is 716. The van der Waals surface area contributed by atoms with Gasteiger partial charge in [0.25, 0.3) is 0 Å². The van der Waals surface area contributed by atoms with E-state index in [4.69, 9.17) is 4.74 Å². The summed E-state index contributed by atoms with van der Waals surface area (Å²) in [5, 5.41) is 0. The topological polar surface area (TPSA) is 32.8 Å². The lowest BCUT2D eigenvalue weighted by Gasteiger charge is -2.36. The number of thioether (sulfide) groups is 1. The van der Waals surface area contributed by atoms with Gasteiger partial charge >= 0.3 is 0 Å². The standard InChI is InChI=1S/C19H21FN2O2S/c1-24-17-3-2-4-18(13-17)25-14-19(23)22-11-9-21(10-12-22)16-7-5-15(20)6-8-16/h2-8,13H,9-12,14H2,1H3. The van der Waals surface area contributed by atoms with Gasteiger partial charge in [0.15, 0.2) is 0 Å². The normalized spacial score (nSPS) is 14.5. The molecule has 132 valence electrons. The van der Waals surface area contributed by atoms with Crippen LogP contribution in [0, 0.1) is 5.82 Å². The van der Waals surface area contributed by atoms with E-state index >= 15 is 0 Å². The number of piperazine rings is 1. The van der Waals surface area contributed by atoms with Gasteiger partial charge in [-0.3, -0.25) is 4.79 Å². The molecule has 0 N–H and O–H groups in total. The molecule has 0 aromatic heterocycles. The molecule has 25 heavy (non-hydrogen) atoms. The molecule has 0 radical (unpaired) electrons. The molecule has 0 atom stereocenters. The highest BCUT2D eigenvalue weighted by Gasteiger charge is 2.21. The number of hydrogen-bond donors (Lipinski definition) is 0. The number of nitrogens with zero attached hydrogens (tertiary/aromatic N) is 2. The molecule has 0 saturated carbocycles. The maximum atomic E-state index is 13.0. The largest absolute Gasteiger partial charge is 0.497 e. The average molecular weight is 360 g/mol. The van der Waals surface area contributed by atoms with E-state index in [0.29, 0.717) is 18.8 Å². The van der Waals surface area contributed by atoms with Gasteiger partial charge in [-0.1, -0.05) is 6.07 Å². The maximum absolute atomic E-state index is 13.0. The number of rotatable bonds is 5. The fourth-order valence-electron chi connectivity index (χ4n) is 2.79. The second-order valence-corrected chi connectivity index (χ2v) is 6.86. The van der Waals surface area contributed by atoms with Crippen LogP contribution in [-0.4, -0.2) is 49.8 Å². The molecule has 1 fully saturated rings. The van der Waals surface area contributed by atoms with Crippen LogP contribution in [0.1, 0.15) is 0 Å². The Morgan fingerprint density at radius 2 is 1.84 bits per heavy atom. The first-order valence-corrected chi connectivity index (χ1v) is 9.19. The number of benzene rings is 2. The first-order chi connectivity index (χ1) is 12.2. The number of hydrogen-bond acceptors (Lipinski definition) is 4. The van der Waals surface area contributed by atoms with Crippen molar-refractivity contribution < 1.29 is 13.9 Å². The van der Waals surface area contributed by atoms with Crippen molar-refractivity contribution in [1.29, 1.82) is 0 Å². The summed E-state index contributed by atoms with van der Waals surface area (Å²) in [5.41, 5.74) is 0.999. The highest BCUT2D eigenvalue weighted by atomic mass is 32.2. The van der Waals surface area contributed by atoms with Crippen molar-refractivity contribution in [1.82, 2.24) is 4.90 Å². The summed E-state index contributed by atoms with van der Waals surface area (Å²) < 4.78 is 18.2. The van der Waals surface area contributed by atoms with Crippen LogP contribution in [0.15, 0.2) is 53.4 Å². The highest BCUT2D eigenvalue weighted by Crippen LogP contribution is 2.23. The van der Waals surface area contributed by atoms with Gasteiger partial charge < -0.3 is 14.5 Å². The number of carbonyl (C=O) groups excluding carboxylic acids is 1. The Morgan fingerprint density at radius 3 is 2.52 bits per heavy atom. The van der Waals surface area contributed by atoms with Crippen LogP contribution in [0.2, 0.25) is 0 Å². The second kappa shape index (κ2) is 8.25. The third-order valence-electron chi connectivity index (χ3n) is 4.23. The fourth-order valence-corrected chi connectivity index (χ4v) is 3.64. The molecule has 1 saturated heterocycles. The van der Waals surface area contributed by atoms with Crippen molar-refractivity contribution >= 4 is 23.4 Å². The molecular formula is C19H21FN2O2S. The Labute approximate surface area is 151 Å². The van der Waals surface area contributed by atoms with Crippen LogP contribution in [0.25, 0.3) is 0 Å². The number of anilines is 1. The van der Waals surface area contributed by atoms with Crippen molar-refractivity contribution in [3.8, 4) is 5.75 Å². The maximum Gasteiger partial charge on any atom is 0.233 e. The van der Waals surface area contributed by atoms with Gasteiger partial charge in [0.1, 0.15) is 11.6 Å². The number of carbonyl (C=O) groups is 1. The van der Waals surface area contributed by atoms with Gasteiger partial charge in [-0.15, -0.1) is 11.8 Å². The molecule has 2 aromatic rings. The molecule has 1 aliphatic rings. The summed E-state index contributed by atoms with van der Waals surface area (Å²) in [7, 11) is 1.63. The average Bonchev–Trinajstić information content (AvgIpc) is 2.67. The molecule has 1 amide bonds. The Hall–Kier alpha value is -2.21. The first kappa shape index (κ1) is 17.6. The van der Waals surface area contributed by atoms with E-state index in [9.17, 15) is 9.18 Å². The quantitative estimate of drug-likeness (QED) is 0.766. The molecule has 0 bridgehead atoms. The Kier molecular flexibility index (Phi) is 5.81. The van der Waals surface area contributed by atoms with E-state index in [0.717, 1.165) is 29.4 Å². The van der Waals surface area contributed by atoms with Crippen molar-refractivity contribution in [2.75, 3.05) is 43.9 Å². The third kappa shape index (κ3) is 4.66. The summed E-state index contributed by atoms with van der Waals surface area (Å²) in [6.45, 7) is 2.91. The molecule has 1 aliphatic heterocycles. The zero-order chi connectivity index (χ0) is 17.6. The zero-order valence-corrected chi connectivity index (χ0v) is 15.0. The molecule has 3 rings (SSSR count). The van der Waals surface area contributed by atoms with E-state index in [2.05, 4.69) is 4.90 Å². The van der Waals surface area contributed by atoms with Gasteiger partial charge in [-0.05, 0) is 42.5 Å². The zero-order valence-electron chi connectivity index (χ0n) is 14.2. The number of amides is 1. The SMILES string of the molecule is COc1cccc(SCC(=O)N2CCN(c3ccc(F)cc3)CC2)c1. The third-order valence-corrected chi connectivity index (χ3v) is 5.21. The van der Waals surface area contributed by atoms with Crippen LogP contribution in [0.4, 0.5) is 10.1 Å². The van der Waals surface area contributed by atoms with E-state index in [-0.39, 0.29) is 11.7 Å². The molecular weight excluding hydrogens is 339 g/mol. The van der Waals surface area contributed by atoms with Gasteiger partial charge in [-0.25, -0.2) is 4.39 Å². The molecule has 0 aliphatic carbocycles. The fraction of sp³-hybridized carbons (Fsp3) is 0.316. The summed E-state index contributed by atoms with van der Waals surface area (Å²) in [6, 6.07) is 14.2. The predicted octanol–water partition coefficient (Wildman–Crippen LogP) is 3.28. The van der Waals surface area contributed by atoms with E-state index in [1.807, 2.05) is 29.2 Å². The van der Waals surface area contributed by atoms with E-state index in [1.54, 1.807) is 19.2 Å². The minimum atomic E-state index is -0.230. The van der Waals surface area contributed by atoms with Gasteiger partial charge in [0, 0.05) is 36.8 Å². The highest BCUT2D eigenvalue weighted by molar-refractivity contribution is 8.00. The lowest BCUT2D eigenvalue weighted by atomic mass is 10.2. The monoisotopic (exact) mass is 360 g/mol. The molecule has 1 heterocycles. The molecule has 6 heteroatoms. The first-order valence-electron chi connectivity index (χ1n) is 8.21. The van der Waals surface area contributed by atoms with E-state index < -0.39 is 0 Å². The summed E-state index contributed by atoms with van der Waals surface area (Å²) in [5.74, 6) is 1.13. The van der Waals surface area contributed by atoms with Crippen molar-refractivity contribution in [3.05, 3.63) is 54.3 Å². The second-order valence-electron chi connectivity index (χ2n) is 5.81. The van der Waals surface area contributed by atoms with Crippen LogP contribution >= 0.6 is 11.8 Å². The minimum absolute atomic E-state index is 0.145. The van der Waals surface area contributed by atoms with Gasteiger partial charge in [0.05, 0.1) is 12.9 Å². The Morgan fingerprint density at radius 1 is 1.12 bits per heavy atom. The molecule has 4 nitrogen and oxygen atoms in total. The van der Waals surface area contributed by atoms with Crippen molar-refractivity contribution in [2.24, 2.45) is 0 Å². The van der Waals surface area contributed by atoms with Crippen LogP contribution in [0.5, 0.6) is 5.75 Å². The van der Waals surface area contributed by atoms with Crippen LogP contribution in [-0.2, 0) is 4.79 Å².